The lowest BCUT2D eigenvalue weighted by atomic mass is 10.0. The fourth-order valence-corrected chi connectivity index (χ4v) is 2.01. The van der Waals surface area contributed by atoms with E-state index in [0.717, 1.165) is 10.2 Å². The highest BCUT2D eigenvalue weighted by atomic mass is 79.9. The lowest BCUT2D eigenvalue weighted by molar-refractivity contribution is 0.0697. The van der Waals surface area contributed by atoms with Gasteiger partial charge >= 0.3 is 5.97 Å². The number of benzene rings is 1. The Hall–Kier alpha value is -1.03. The van der Waals surface area contributed by atoms with Crippen molar-refractivity contribution in [2.75, 3.05) is 11.9 Å². The summed E-state index contributed by atoms with van der Waals surface area (Å²) in [6, 6.07) is 5.63. The van der Waals surface area contributed by atoms with E-state index < -0.39 is 5.97 Å². The van der Waals surface area contributed by atoms with Crippen LogP contribution in [0.5, 0.6) is 0 Å². The van der Waals surface area contributed by atoms with Gasteiger partial charge in [-0.05, 0) is 31.0 Å². The largest absolute Gasteiger partial charge is 0.478 e. The third-order valence-corrected chi connectivity index (χ3v) is 3.64. The van der Waals surface area contributed by atoms with Crippen molar-refractivity contribution in [3.63, 3.8) is 0 Å². The number of rotatable bonds is 4. The van der Waals surface area contributed by atoms with E-state index in [-0.39, 0.29) is 6.04 Å². The van der Waals surface area contributed by atoms with Crippen LogP contribution in [0.4, 0.5) is 5.69 Å². The smallest absolute Gasteiger partial charge is 0.337 e. The molecule has 0 amide bonds. The molecule has 0 heterocycles. The number of anilines is 1. The molecule has 0 fully saturated rings. The molecule has 1 atom stereocenters. The number of hydrogen-bond donors (Lipinski definition) is 1. The number of carboxylic acid groups (broad SMARTS) is 1. The lowest BCUT2D eigenvalue weighted by Crippen LogP contribution is -2.34. The van der Waals surface area contributed by atoms with Crippen molar-refractivity contribution in [3.05, 3.63) is 28.2 Å². The number of aromatic carboxylic acids is 1. The lowest BCUT2D eigenvalue weighted by Gasteiger charge is -2.31. The second kappa shape index (κ2) is 5.54. The predicted molar refractivity (Wildman–Crippen MR) is 73.8 cm³/mol. The minimum Gasteiger partial charge on any atom is -0.478 e. The number of halogens is 1. The minimum absolute atomic E-state index is 0.286. The first-order valence-electron chi connectivity index (χ1n) is 5.60. The fourth-order valence-electron chi connectivity index (χ4n) is 1.65. The average Bonchev–Trinajstić information content (AvgIpc) is 2.26. The van der Waals surface area contributed by atoms with E-state index in [1.807, 2.05) is 24.1 Å². The van der Waals surface area contributed by atoms with Crippen molar-refractivity contribution < 1.29 is 9.90 Å². The average molecular weight is 300 g/mol. The highest BCUT2D eigenvalue weighted by Crippen LogP contribution is 2.26. The first-order valence-corrected chi connectivity index (χ1v) is 6.39. The molecule has 0 radical (unpaired) electrons. The van der Waals surface area contributed by atoms with E-state index in [2.05, 4.69) is 36.7 Å². The standard InChI is InChI=1S/C13H18BrNO2/c1-8(2)9(3)15(4)12-6-5-10(14)7-11(12)13(16)17/h5-9H,1-4H3,(H,16,17). The number of carbonyl (C=O) groups is 1. The molecule has 1 unspecified atom stereocenters. The van der Waals surface area contributed by atoms with Gasteiger partial charge in [0.05, 0.1) is 11.3 Å². The molecule has 17 heavy (non-hydrogen) atoms. The maximum absolute atomic E-state index is 11.2. The van der Waals surface area contributed by atoms with Crippen LogP contribution in [-0.4, -0.2) is 24.2 Å². The van der Waals surface area contributed by atoms with Crippen molar-refractivity contribution in [1.82, 2.24) is 0 Å². The summed E-state index contributed by atoms with van der Waals surface area (Å²) >= 11 is 3.30. The number of nitrogens with zero attached hydrogens (tertiary/aromatic N) is 1. The maximum Gasteiger partial charge on any atom is 0.337 e. The molecule has 1 N–H and O–H groups in total. The number of carboxylic acids is 1. The summed E-state index contributed by atoms with van der Waals surface area (Å²) in [6.45, 7) is 6.35. The first-order chi connectivity index (χ1) is 7.84. The third-order valence-electron chi connectivity index (χ3n) is 3.14. The molecule has 4 heteroatoms. The topological polar surface area (TPSA) is 40.5 Å². The van der Waals surface area contributed by atoms with Crippen molar-refractivity contribution in [2.45, 2.75) is 26.8 Å². The molecule has 0 saturated heterocycles. The van der Waals surface area contributed by atoms with Crippen molar-refractivity contribution in [3.8, 4) is 0 Å². The zero-order valence-electron chi connectivity index (χ0n) is 10.6. The van der Waals surface area contributed by atoms with Gasteiger partial charge in [-0.3, -0.25) is 0 Å². The molecule has 3 nitrogen and oxygen atoms in total. The van der Waals surface area contributed by atoms with E-state index in [1.54, 1.807) is 6.07 Å². The molecule has 0 spiro atoms. The van der Waals surface area contributed by atoms with Gasteiger partial charge in [-0.2, -0.15) is 0 Å². The predicted octanol–water partition coefficient (Wildman–Crippen LogP) is 3.63. The van der Waals surface area contributed by atoms with Gasteiger partial charge in [0.1, 0.15) is 0 Å². The monoisotopic (exact) mass is 299 g/mol. The van der Waals surface area contributed by atoms with Crippen LogP contribution in [-0.2, 0) is 0 Å². The highest BCUT2D eigenvalue weighted by molar-refractivity contribution is 9.10. The SMILES string of the molecule is CC(C)C(C)N(C)c1ccc(Br)cc1C(=O)O. The molecule has 94 valence electrons. The Morgan fingerprint density at radius 3 is 2.41 bits per heavy atom. The second-order valence-corrected chi connectivity index (χ2v) is 5.48. The van der Waals surface area contributed by atoms with Gasteiger partial charge < -0.3 is 10.0 Å². The Morgan fingerprint density at radius 2 is 1.94 bits per heavy atom. The van der Waals surface area contributed by atoms with Crippen LogP contribution in [0.1, 0.15) is 31.1 Å². The zero-order valence-corrected chi connectivity index (χ0v) is 12.2. The van der Waals surface area contributed by atoms with E-state index in [9.17, 15) is 9.90 Å². The molecule has 0 aromatic heterocycles. The Kier molecular flexibility index (Phi) is 4.57. The zero-order chi connectivity index (χ0) is 13.2. The summed E-state index contributed by atoms with van der Waals surface area (Å²) in [5, 5.41) is 9.21. The highest BCUT2D eigenvalue weighted by Gasteiger charge is 2.19. The van der Waals surface area contributed by atoms with Gasteiger partial charge in [0, 0.05) is 17.6 Å². The normalized spacial score (nSPS) is 12.6. The summed E-state index contributed by atoms with van der Waals surface area (Å²) < 4.78 is 0.782. The number of hydrogen-bond acceptors (Lipinski definition) is 2. The van der Waals surface area contributed by atoms with E-state index >= 15 is 0 Å². The van der Waals surface area contributed by atoms with Gasteiger partial charge in [0.2, 0.25) is 0 Å². The summed E-state index contributed by atoms with van der Waals surface area (Å²) in [4.78, 5) is 13.2. The van der Waals surface area contributed by atoms with Crippen LogP contribution in [0.25, 0.3) is 0 Å². The van der Waals surface area contributed by atoms with Crippen LogP contribution < -0.4 is 4.90 Å². The first kappa shape index (κ1) is 14.0. The minimum atomic E-state index is -0.899. The maximum atomic E-state index is 11.2. The summed E-state index contributed by atoms with van der Waals surface area (Å²) in [5.41, 5.74) is 1.08. The molecular formula is C13H18BrNO2. The van der Waals surface area contributed by atoms with Crippen LogP contribution in [0, 0.1) is 5.92 Å². The van der Waals surface area contributed by atoms with Gasteiger partial charge in [-0.15, -0.1) is 0 Å². The van der Waals surface area contributed by atoms with Crippen LogP contribution in [0.15, 0.2) is 22.7 Å². The quantitative estimate of drug-likeness (QED) is 0.923. The Bertz CT molecular complexity index is 418. The molecular weight excluding hydrogens is 282 g/mol. The van der Waals surface area contributed by atoms with Crippen LogP contribution >= 0.6 is 15.9 Å². The molecule has 0 aliphatic carbocycles. The second-order valence-electron chi connectivity index (χ2n) is 4.56. The molecule has 1 aromatic rings. The van der Waals surface area contributed by atoms with Gasteiger partial charge in [0.25, 0.3) is 0 Å². The fraction of sp³-hybridized carbons (Fsp3) is 0.462. The summed E-state index contributed by atoms with van der Waals surface area (Å²) in [5.74, 6) is -0.436. The molecule has 0 bridgehead atoms. The summed E-state index contributed by atoms with van der Waals surface area (Å²) in [7, 11) is 1.93. The van der Waals surface area contributed by atoms with Crippen molar-refractivity contribution in [2.24, 2.45) is 5.92 Å². The van der Waals surface area contributed by atoms with Crippen LogP contribution in [0.3, 0.4) is 0 Å². The van der Waals surface area contributed by atoms with E-state index in [1.165, 1.54) is 0 Å². The molecule has 1 rings (SSSR count). The Labute approximate surface area is 111 Å². The van der Waals surface area contributed by atoms with Crippen LogP contribution in [0.2, 0.25) is 0 Å². The molecule has 1 aromatic carbocycles. The van der Waals surface area contributed by atoms with Crippen molar-refractivity contribution in [1.29, 1.82) is 0 Å². The van der Waals surface area contributed by atoms with Gasteiger partial charge in [-0.1, -0.05) is 29.8 Å². The van der Waals surface area contributed by atoms with Crippen molar-refractivity contribution >= 4 is 27.6 Å². The summed E-state index contributed by atoms with van der Waals surface area (Å²) in [6.07, 6.45) is 0. The molecule has 0 saturated carbocycles. The molecule has 0 aliphatic rings. The third kappa shape index (κ3) is 3.22. The Morgan fingerprint density at radius 1 is 1.35 bits per heavy atom. The van der Waals surface area contributed by atoms with E-state index in [4.69, 9.17) is 0 Å². The molecule has 0 aliphatic heterocycles. The van der Waals surface area contributed by atoms with Gasteiger partial charge in [0.15, 0.2) is 0 Å². The van der Waals surface area contributed by atoms with E-state index in [0.29, 0.717) is 11.5 Å². The Balaban J connectivity index is 3.17. The van der Waals surface area contributed by atoms with Gasteiger partial charge in [-0.25, -0.2) is 4.79 Å².